The third-order valence-electron chi connectivity index (χ3n) is 4.58. The van der Waals surface area contributed by atoms with E-state index in [1.54, 1.807) is 0 Å². The number of hydrogen-bond acceptors (Lipinski definition) is 3. The van der Waals surface area contributed by atoms with Gasteiger partial charge in [-0.1, -0.05) is 30.3 Å². The Morgan fingerprint density at radius 2 is 2.00 bits per heavy atom. The minimum Gasteiger partial charge on any atom is -0.301 e. The molecule has 0 saturated heterocycles. The molecule has 0 radical (unpaired) electrons. The molecule has 1 fully saturated rings. The summed E-state index contributed by atoms with van der Waals surface area (Å²) in [6, 6.07) is 13.1. The van der Waals surface area contributed by atoms with Crippen LogP contribution in [-0.4, -0.2) is 31.1 Å². The van der Waals surface area contributed by atoms with Crippen molar-refractivity contribution >= 4 is 0 Å². The fourth-order valence-electron chi connectivity index (χ4n) is 2.82. The van der Waals surface area contributed by atoms with Crippen LogP contribution in [0.2, 0.25) is 0 Å². The van der Waals surface area contributed by atoms with Crippen molar-refractivity contribution in [2.75, 3.05) is 20.1 Å². The van der Waals surface area contributed by atoms with Crippen molar-refractivity contribution in [1.29, 1.82) is 5.26 Å². The smallest absolute Gasteiger partial charge is 0.133 e. The second kappa shape index (κ2) is 7.06. The lowest BCUT2D eigenvalue weighted by atomic mass is 9.88. The molecule has 0 bridgehead atoms. The predicted octanol–water partition coefficient (Wildman–Crippen LogP) is 3.14. The van der Waals surface area contributed by atoms with E-state index < -0.39 is 5.54 Å². The highest BCUT2D eigenvalue weighted by atomic mass is 15.2. The summed E-state index contributed by atoms with van der Waals surface area (Å²) in [5.41, 5.74) is 0.475. The fraction of sp³-hybridized carbons (Fsp3) is 0.611. The van der Waals surface area contributed by atoms with Crippen LogP contribution in [0.25, 0.3) is 0 Å². The largest absolute Gasteiger partial charge is 0.301 e. The molecule has 1 aliphatic carbocycles. The topological polar surface area (TPSA) is 39.1 Å². The highest BCUT2D eigenvalue weighted by Gasteiger charge is 2.32. The van der Waals surface area contributed by atoms with Crippen molar-refractivity contribution in [3.63, 3.8) is 0 Å². The van der Waals surface area contributed by atoms with E-state index in [0.717, 1.165) is 24.4 Å². The van der Waals surface area contributed by atoms with E-state index in [1.165, 1.54) is 19.4 Å². The van der Waals surface area contributed by atoms with Crippen LogP contribution >= 0.6 is 0 Å². The Bertz CT molecular complexity index is 473. The standard InChI is InChI=1S/C18H27N3/c1-15(2)21(13-16-9-10-16)12-11-18(14-19,20-3)17-7-5-4-6-8-17/h4-8,15-16,20H,9-13H2,1-3H3. The fourth-order valence-corrected chi connectivity index (χ4v) is 2.82. The van der Waals surface area contributed by atoms with Crippen LogP contribution < -0.4 is 5.32 Å². The molecule has 0 aliphatic heterocycles. The van der Waals surface area contributed by atoms with E-state index in [4.69, 9.17) is 0 Å². The van der Waals surface area contributed by atoms with Crippen molar-refractivity contribution in [2.24, 2.45) is 5.92 Å². The van der Waals surface area contributed by atoms with Gasteiger partial charge in [-0.15, -0.1) is 0 Å². The normalized spacial score (nSPS) is 17.7. The molecule has 114 valence electrons. The SMILES string of the molecule is CNC(C#N)(CCN(CC1CC1)C(C)C)c1ccccc1. The number of hydrogen-bond donors (Lipinski definition) is 1. The molecule has 2 rings (SSSR count). The summed E-state index contributed by atoms with van der Waals surface area (Å²) < 4.78 is 0. The van der Waals surface area contributed by atoms with Gasteiger partial charge in [0.05, 0.1) is 6.07 Å². The Labute approximate surface area is 129 Å². The van der Waals surface area contributed by atoms with Crippen LogP contribution in [-0.2, 0) is 5.54 Å². The zero-order valence-corrected chi connectivity index (χ0v) is 13.5. The highest BCUT2D eigenvalue weighted by Crippen LogP contribution is 2.31. The summed E-state index contributed by atoms with van der Waals surface area (Å²) in [4.78, 5) is 2.52. The molecule has 1 aliphatic rings. The zero-order valence-electron chi connectivity index (χ0n) is 13.5. The van der Waals surface area contributed by atoms with E-state index in [-0.39, 0.29) is 0 Å². The van der Waals surface area contributed by atoms with Gasteiger partial charge < -0.3 is 4.90 Å². The molecule has 1 saturated carbocycles. The van der Waals surface area contributed by atoms with E-state index in [0.29, 0.717) is 6.04 Å². The molecule has 0 aromatic heterocycles. The van der Waals surface area contributed by atoms with Gasteiger partial charge in [0.15, 0.2) is 0 Å². The van der Waals surface area contributed by atoms with Gasteiger partial charge in [0.25, 0.3) is 0 Å². The van der Waals surface area contributed by atoms with E-state index in [1.807, 2.05) is 37.4 Å². The molecule has 3 heteroatoms. The lowest BCUT2D eigenvalue weighted by molar-refractivity contribution is 0.192. The summed E-state index contributed by atoms with van der Waals surface area (Å²) in [5.74, 6) is 0.884. The Balaban J connectivity index is 2.07. The van der Waals surface area contributed by atoms with Crippen molar-refractivity contribution in [3.8, 4) is 6.07 Å². The average molecular weight is 285 g/mol. The number of nitrogens with one attached hydrogen (secondary N) is 1. The van der Waals surface area contributed by atoms with Crippen LogP contribution in [0.15, 0.2) is 30.3 Å². The lowest BCUT2D eigenvalue weighted by Crippen LogP contribution is -2.43. The molecular weight excluding hydrogens is 258 g/mol. The third-order valence-corrected chi connectivity index (χ3v) is 4.58. The minimum absolute atomic E-state index is 0.537. The van der Waals surface area contributed by atoms with Gasteiger partial charge in [-0.3, -0.25) is 5.32 Å². The molecule has 0 amide bonds. The first-order chi connectivity index (χ1) is 10.1. The zero-order chi connectivity index (χ0) is 15.3. The Hall–Kier alpha value is -1.37. The van der Waals surface area contributed by atoms with Crippen molar-refractivity contribution in [1.82, 2.24) is 10.2 Å². The van der Waals surface area contributed by atoms with E-state index >= 15 is 0 Å². The van der Waals surface area contributed by atoms with Crippen LogP contribution in [0.1, 0.15) is 38.7 Å². The maximum atomic E-state index is 9.74. The van der Waals surface area contributed by atoms with E-state index in [9.17, 15) is 5.26 Å². The molecule has 1 aromatic carbocycles. The van der Waals surface area contributed by atoms with E-state index in [2.05, 4.69) is 30.1 Å². The van der Waals surface area contributed by atoms with Gasteiger partial charge in [0.1, 0.15) is 5.54 Å². The molecule has 1 aromatic rings. The number of nitriles is 1. The minimum atomic E-state index is -0.585. The maximum absolute atomic E-state index is 9.74. The Kier molecular flexibility index (Phi) is 5.39. The first kappa shape index (κ1) is 16.0. The summed E-state index contributed by atoms with van der Waals surface area (Å²) >= 11 is 0. The summed E-state index contributed by atoms with van der Waals surface area (Å²) in [6.07, 6.45) is 3.56. The van der Waals surface area contributed by atoms with Gasteiger partial charge in [-0.2, -0.15) is 5.26 Å². The molecular formula is C18H27N3. The van der Waals surface area contributed by atoms with Crippen molar-refractivity contribution in [3.05, 3.63) is 35.9 Å². The third kappa shape index (κ3) is 4.06. The monoisotopic (exact) mass is 285 g/mol. The second-order valence-corrected chi connectivity index (χ2v) is 6.42. The van der Waals surface area contributed by atoms with Crippen LogP contribution in [0.5, 0.6) is 0 Å². The van der Waals surface area contributed by atoms with Gasteiger partial charge >= 0.3 is 0 Å². The van der Waals surface area contributed by atoms with Gasteiger partial charge in [0, 0.05) is 19.1 Å². The number of rotatable bonds is 8. The molecule has 0 heterocycles. The lowest BCUT2D eigenvalue weighted by Gasteiger charge is -2.32. The summed E-state index contributed by atoms with van der Waals surface area (Å²) in [6.45, 7) is 6.63. The Morgan fingerprint density at radius 1 is 1.33 bits per heavy atom. The average Bonchev–Trinajstić information content (AvgIpc) is 3.32. The van der Waals surface area contributed by atoms with Gasteiger partial charge in [-0.25, -0.2) is 0 Å². The molecule has 21 heavy (non-hydrogen) atoms. The first-order valence-electron chi connectivity index (χ1n) is 8.01. The molecule has 1 N–H and O–H groups in total. The van der Waals surface area contributed by atoms with Crippen LogP contribution in [0, 0.1) is 17.2 Å². The van der Waals surface area contributed by atoms with Crippen molar-refractivity contribution < 1.29 is 0 Å². The van der Waals surface area contributed by atoms with Crippen molar-refractivity contribution in [2.45, 2.75) is 44.7 Å². The Morgan fingerprint density at radius 3 is 2.48 bits per heavy atom. The molecule has 0 spiro atoms. The quantitative estimate of drug-likeness (QED) is 0.797. The molecule has 1 unspecified atom stereocenters. The van der Waals surface area contributed by atoms with Gasteiger partial charge in [-0.05, 0) is 51.6 Å². The summed E-state index contributed by atoms with van der Waals surface area (Å²) in [7, 11) is 1.89. The molecule has 1 atom stereocenters. The van der Waals surface area contributed by atoms with Crippen LogP contribution in [0.3, 0.4) is 0 Å². The molecule has 3 nitrogen and oxygen atoms in total. The number of benzene rings is 1. The maximum Gasteiger partial charge on any atom is 0.133 e. The first-order valence-corrected chi connectivity index (χ1v) is 8.01. The summed E-state index contributed by atoms with van der Waals surface area (Å²) in [5, 5.41) is 13.0. The predicted molar refractivity (Wildman–Crippen MR) is 86.8 cm³/mol. The second-order valence-electron chi connectivity index (χ2n) is 6.42. The van der Waals surface area contributed by atoms with Gasteiger partial charge in [0.2, 0.25) is 0 Å². The number of nitrogens with zero attached hydrogens (tertiary/aromatic N) is 2. The highest BCUT2D eigenvalue weighted by molar-refractivity contribution is 5.31. The van der Waals surface area contributed by atoms with Crippen LogP contribution in [0.4, 0.5) is 0 Å².